The zero-order valence-corrected chi connectivity index (χ0v) is 23.1. The fourth-order valence-corrected chi connectivity index (χ4v) is 5.19. The van der Waals surface area contributed by atoms with Crippen LogP contribution in [0.1, 0.15) is 58.2 Å². The molecule has 0 fully saturated rings. The molecule has 0 amide bonds. The van der Waals surface area contributed by atoms with Gasteiger partial charge in [0.15, 0.2) is 6.29 Å². The number of aromatic nitrogens is 1. The van der Waals surface area contributed by atoms with Gasteiger partial charge in [-0.3, -0.25) is 0 Å². The normalized spacial score (nSPS) is 15.4. The molecule has 1 unspecified atom stereocenters. The predicted octanol–water partition coefficient (Wildman–Crippen LogP) is 4.42. The van der Waals surface area contributed by atoms with Crippen molar-refractivity contribution in [1.82, 2.24) is 4.98 Å². The molecule has 2 aromatic rings. The van der Waals surface area contributed by atoms with Crippen molar-refractivity contribution in [2.75, 3.05) is 10.8 Å². The van der Waals surface area contributed by atoms with E-state index in [-0.39, 0.29) is 4.90 Å². The standard InChI is InChI=1S/C28H36N2O6S/c1-27(2,3)35-24(31)9-7-8-20-10-13-23(14-11-20)37(33,34)30-17-16-22-18-21(19-29-26(22)30)12-15-25(32)36-28(4,5)6/h7,9-15,18-19,24,31H,8,16-17H2,1-6H3. The fourth-order valence-electron chi connectivity index (χ4n) is 3.73. The number of fused-ring (bicyclic) bond motifs is 1. The van der Waals surface area contributed by atoms with Gasteiger partial charge in [-0.15, -0.1) is 0 Å². The molecule has 0 radical (unpaired) electrons. The van der Waals surface area contributed by atoms with E-state index < -0.39 is 33.5 Å². The van der Waals surface area contributed by atoms with E-state index in [1.54, 1.807) is 69.5 Å². The van der Waals surface area contributed by atoms with Gasteiger partial charge >= 0.3 is 5.97 Å². The molecule has 200 valence electrons. The second-order valence-electron chi connectivity index (χ2n) is 10.8. The first-order valence-corrected chi connectivity index (χ1v) is 13.6. The van der Waals surface area contributed by atoms with Gasteiger partial charge in [-0.1, -0.05) is 18.2 Å². The van der Waals surface area contributed by atoms with Crippen LogP contribution < -0.4 is 4.31 Å². The van der Waals surface area contributed by atoms with Crippen molar-refractivity contribution in [2.24, 2.45) is 0 Å². The van der Waals surface area contributed by atoms with E-state index in [9.17, 15) is 18.3 Å². The molecule has 1 aromatic heterocycles. The van der Waals surface area contributed by atoms with Crippen LogP contribution in [0.15, 0.2) is 59.7 Å². The van der Waals surface area contributed by atoms with E-state index in [1.165, 1.54) is 10.4 Å². The summed E-state index contributed by atoms with van der Waals surface area (Å²) in [7, 11) is -3.78. The van der Waals surface area contributed by atoms with E-state index in [0.29, 0.717) is 30.8 Å². The first kappa shape index (κ1) is 28.6. The van der Waals surface area contributed by atoms with Crippen LogP contribution in [0.2, 0.25) is 0 Å². The predicted molar refractivity (Wildman–Crippen MR) is 143 cm³/mol. The number of hydrogen-bond acceptors (Lipinski definition) is 7. The van der Waals surface area contributed by atoms with E-state index in [2.05, 4.69) is 4.98 Å². The van der Waals surface area contributed by atoms with Crippen LogP contribution in [-0.2, 0) is 37.1 Å². The SMILES string of the molecule is CC(C)(C)OC(=O)C=Cc1cnc2c(c1)CCN2S(=O)(=O)c1ccc(CC=CC(O)OC(C)(C)C)cc1. The van der Waals surface area contributed by atoms with Gasteiger partial charge in [0, 0.05) is 18.8 Å². The minimum Gasteiger partial charge on any atom is -0.457 e. The molecule has 0 bridgehead atoms. The third kappa shape index (κ3) is 8.24. The van der Waals surface area contributed by atoms with Gasteiger partial charge in [0.2, 0.25) is 0 Å². The number of hydrogen-bond donors (Lipinski definition) is 1. The Morgan fingerprint density at radius 1 is 1.14 bits per heavy atom. The zero-order valence-electron chi connectivity index (χ0n) is 22.3. The number of esters is 1. The number of benzene rings is 1. The van der Waals surface area contributed by atoms with E-state index in [1.807, 2.05) is 26.8 Å². The minimum atomic E-state index is -3.78. The third-order valence-electron chi connectivity index (χ3n) is 5.24. The highest BCUT2D eigenvalue weighted by atomic mass is 32.2. The van der Waals surface area contributed by atoms with Crippen LogP contribution >= 0.6 is 0 Å². The maximum atomic E-state index is 13.3. The number of allylic oxidation sites excluding steroid dienone is 1. The molecule has 0 saturated heterocycles. The average Bonchev–Trinajstić information content (AvgIpc) is 3.20. The van der Waals surface area contributed by atoms with Crippen LogP contribution in [0.5, 0.6) is 0 Å². The Morgan fingerprint density at radius 2 is 1.81 bits per heavy atom. The van der Waals surface area contributed by atoms with Crippen molar-refractivity contribution in [2.45, 2.75) is 76.8 Å². The summed E-state index contributed by atoms with van der Waals surface area (Å²) >= 11 is 0. The molecular weight excluding hydrogens is 492 g/mol. The van der Waals surface area contributed by atoms with Crippen molar-refractivity contribution in [1.29, 1.82) is 0 Å². The van der Waals surface area contributed by atoms with Crippen LogP contribution in [0.25, 0.3) is 6.08 Å². The van der Waals surface area contributed by atoms with Gasteiger partial charge in [-0.05, 0) is 101 Å². The fraction of sp³-hybridized carbons (Fsp3) is 0.429. The highest BCUT2D eigenvalue weighted by Crippen LogP contribution is 2.32. The van der Waals surface area contributed by atoms with Gasteiger partial charge in [0.1, 0.15) is 11.4 Å². The van der Waals surface area contributed by atoms with Gasteiger partial charge in [-0.25, -0.2) is 22.5 Å². The minimum absolute atomic E-state index is 0.180. The van der Waals surface area contributed by atoms with Crippen LogP contribution in [-0.4, -0.2) is 48.5 Å². The lowest BCUT2D eigenvalue weighted by molar-refractivity contribution is -0.148. The summed E-state index contributed by atoms with van der Waals surface area (Å²) < 4.78 is 38.7. The van der Waals surface area contributed by atoms with E-state index in [0.717, 1.165) is 11.1 Å². The largest absolute Gasteiger partial charge is 0.457 e. The number of rotatable bonds is 8. The summed E-state index contributed by atoms with van der Waals surface area (Å²) in [5, 5.41) is 9.90. The molecular formula is C28H36N2O6S. The van der Waals surface area contributed by atoms with Gasteiger partial charge in [-0.2, -0.15) is 0 Å². The first-order chi connectivity index (χ1) is 17.1. The topological polar surface area (TPSA) is 106 Å². The molecule has 1 N–H and O–H groups in total. The number of pyridine rings is 1. The molecule has 0 aliphatic carbocycles. The van der Waals surface area contributed by atoms with Crippen molar-refractivity contribution in [3.8, 4) is 0 Å². The molecule has 1 aromatic carbocycles. The summed E-state index contributed by atoms with van der Waals surface area (Å²) in [5.74, 6) is -0.0557. The van der Waals surface area contributed by atoms with Crippen LogP contribution in [0, 0.1) is 0 Å². The Hall–Kier alpha value is -3.01. The lowest BCUT2D eigenvalue weighted by Gasteiger charge is -2.21. The molecule has 9 heteroatoms. The Labute approximate surface area is 219 Å². The molecule has 2 heterocycles. The molecule has 1 atom stereocenters. The van der Waals surface area contributed by atoms with Crippen LogP contribution in [0.4, 0.5) is 5.82 Å². The average molecular weight is 529 g/mol. The Balaban J connectivity index is 1.67. The maximum Gasteiger partial charge on any atom is 0.331 e. The second kappa shape index (κ2) is 11.2. The number of aliphatic hydroxyl groups excluding tert-OH is 1. The summed E-state index contributed by atoms with van der Waals surface area (Å²) in [4.78, 5) is 16.5. The Morgan fingerprint density at radius 3 is 2.43 bits per heavy atom. The maximum absolute atomic E-state index is 13.3. The lowest BCUT2D eigenvalue weighted by atomic mass is 10.1. The third-order valence-corrected chi connectivity index (χ3v) is 7.05. The number of carbonyl (C=O) groups is 1. The lowest BCUT2D eigenvalue weighted by Crippen LogP contribution is -2.29. The van der Waals surface area contributed by atoms with E-state index >= 15 is 0 Å². The van der Waals surface area contributed by atoms with Crippen molar-refractivity contribution < 1.29 is 27.8 Å². The molecule has 3 rings (SSSR count). The Kier molecular flexibility index (Phi) is 8.62. The number of sulfonamides is 1. The summed E-state index contributed by atoms with van der Waals surface area (Å²) in [6, 6.07) is 8.51. The monoisotopic (exact) mass is 528 g/mol. The molecule has 8 nitrogen and oxygen atoms in total. The van der Waals surface area contributed by atoms with Crippen molar-refractivity contribution in [3.05, 3.63) is 71.4 Å². The van der Waals surface area contributed by atoms with Gasteiger partial charge in [0.25, 0.3) is 10.0 Å². The van der Waals surface area contributed by atoms with Crippen molar-refractivity contribution in [3.63, 3.8) is 0 Å². The first-order valence-electron chi connectivity index (χ1n) is 12.2. The summed E-state index contributed by atoms with van der Waals surface area (Å²) in [6.45, 7) is 11.3. The van der Waals surface area contributed by atoms with Gasteiger partial charge < -0.3 is 14.6 Å². The molecule has 37 heavy (non-hydrogen) atoms. The number of nitrogens with zero attached hydrogens (tertiary/aromatic N) is 2. The number of carbonyl (C=O) groups excluding carboxylic acids is 1. The van der Waals surface area contributed by atoms with Gasteiger partial charge in [0.05, 0.1) is 10.5 Å². The molecule has 0 spiro atoms. The van der Waals surface area contributed by atoms with E-state index in [4.69, 9.17) is 9.47 Å². The molecule has 0 saturated carbocycles. The molecule has 1 aliphatic heterocycles. The Bertz CT molecular complexity index is 1270. The summed E-state index contributed by atoms with van der Waals surface area (Å²) in [6.07, 6.45) is 7.90. The smallest absolute Gasteiger partial charge is 0.331 e. The zero-order chi connectivity index (χ0) is 27.4. The highest BCUT2D eigenvalue weighted by molar-refractivity contribution is 7.92. The quantitative estimate of drug-likeness (QED) is 0.234. The number of aliphatic hydroxyl groups is 1. The number of ether oxygens (including phenoxy) is 2. The second-order valence-corrected chi connectivity index (χ2v) is 12.7. The summed E-state index contributed by atoms with van der Waals surface area (Å²) in [5.41, 5.74) is 1.36. The molecule has 1 aliphatic rings. The van der Waals surface area contributed by atoms with Crippen LogP contribution in [0.3, 0.4) is 0 Å². The highest BCUT2D eigenvalue weighted by Gasteiger charge is 2.32. The number of anilines is 1. The van der Waals surface area contributed by atoms with Crippen molar-refractivity contribution >= 4 is 27.9 Å².